The number of aliphatic hydroxyl groups is 3. The van der Waals surface area contributed by atoms with Crippen molar-refractivity contribution in [1.29, 1.82) is 0 Å². The maximum atomic E-state index is 12.5. The molecule has 10 rings (SSSR count). The van der Waals surface area contributed by atoms with Crippen molar-refractivity contribution in [2.45, 2.75) is 24.4 Å². The normalized spacial score (nSPS) is 13.5. The van der Waals surface area contributed by atoms with Crippen LogP contribution >= 0.6 is 0 Å². The zero-order chi connectivity index (χ0) is 53.5. The second-order valence-corrected chi connectivity index (χ2v) is 18.6. The van der Waals surface area contributed by atoms with Gasteiger partial charge in [-0.15, -0.1) is 0 Å². The van der Waals surface area contributed by atoms with Crippen LogP contribution in [-0.2, 0) is 0 Å². The van der Waals surface area contributed by atoms with Crippen LogP contribution < -0.4 is 30.2 Å². The number of ether oxygens (including phenoxy) is 3. The van der Waals surface area contributed by atoms with Crippen LogP contribution in [0.4, 0.5) is 39.8 Å². The van der Waals surface area contributed by atoms with Crippen molar-refractivity contribution in [1.82, 2.24) is 0 Å². The van der Waals surface area contributed by atoms with E-state index < -0.39 is 18.4 Å². The number of rotatable bonds is 24. The maximum absolute atomic E-state index is 12.5. The Morgan fingerprint density at radius 2 is 0.885 bits per heavy atom. The molecule has 9 aromatic rings. The van der Waals surface area contributed by atoms with Gasteiger partial charge in [0.2, 0.25) is 0 Å². The molecule has 14 nitrogen and oxygen atoms in total. The molecular formula is C64H57N7O7. The van der Waals surface area contributed by atoms with Crippen molar-refractivity contribution in [3.63, 3.8) is 0 Å². The van der Waals surface area contributed by atoms with Gasteiger partial charge in [-0.1, -0.05) is 103 Å². The SMILES string of the molecule is O=C1C=Cc2ccc(OCC(O)CNc3ccc(C(c4ccc(OCC(O)CNc5ccc(N=Nc6ccccc6)cc5)cc4)c4ccc(OCC(O)Nc5ccc(N=Nc6ccccc6)cc5)cc4)cc3)c3cccc1c23. The predicted molar refractivity (Wildman–Crippen MR) is 307 cm³/mol. The zero-order valence-corrected chi connectivity index (χ0v) is 42.5. The van der Waals surface area contributed by atoms with Crippen LogP contribution in [0.1, 0.15) is 38.5 Å². The van der Waals surface area contributed by atoms with E-state index in [1.54, 1.807) is 6.08 Å². The van der Waals surface area contributed by atoms with Crippen LogP contribution in [-0.4, -0.2) is 72.4 Å². The Balaban J connectivity index is 0.761. The molecule has 0 fully saturated rings. The lowest BCUT2D eigenvalue weighted by Crippen LogP contribution is -2.26. The largest absolute Gasteiger partial charge is 0.491 e. The van der Waals surface area contributed by atoms with Crippen LogP contribution in [0.3, 0.4) is 0 Å². The van der Waals surface area contributed by atoms with E-state index in [2.05, 4.69) is 48.5 Å². The molecule has 0 saturated heterocycles. The maximum Gasteiger partial charge on any atom is 0.186 e. The number of carbonyl (C=O) groups is 1. The highest BCUT2D eigenvalue weighted by molar-refractivity contribution is 6.20. The molecule has 14 heteroatoms. The molecule has 0 aliphatic heterocycles. The molecule has 390 valence electrons. The molecule has 4 unspecified atom stereocenters. The summed E-state index contributed by atoms with van der Waals surface area (Å²) in [5.74, 6) is 1.58. The van der Waals surface area contributed by atoms with E-state index >= 15 is 0 Å². The molecule has 9 aromatic carbocycles. The number of hydrogen-bond acceptors (Lipinski definition) is 14. The fourth-order valence-electron chi connectivity index (χ4n) is 8.88. The number of aliphatic hydroxyl groups excluding tert-OH is 3. The first-order valence-electron chi connectivity index (χ1n) is 25.6. The summed E-state index contributed by atoms with van der Waals surface area (Å²) in [5, 5.41) is 61.1. The van der Waals surface area contributed by atoms with Crippen molar-refractivity contribution in [3.05, 3.63) is 246 Å². The molecule has 0 bridgehead atoms. The third-order valence-electron chi connectivity index (χ3n) is 12.9. The Hall–Kier alpha value is -9.47. The first-order chi connectivity index (χ1) is 38.3. The average Bonchev–Trinajstić information content (AvgIpc) is 3.59. The van der Waals surface area contributed by atoms with Crippen molar-refractivity contribution >= 4 is 62.4 Å². The Kier molecular flexibility index (Phi) is 16.9. The number of ketones is 1. The van der Waals surface area contributed by atoms with Crippen molar-refractivity contribution in [3.8, 4) is 17.2 Å². The van der Waals surface area contributed by atoms with Gasteiger partial charge in [-0.3, -0.25) is 4.79 Å². The van der Waals surface area contributed by atoms with E-state index in [0.717, 1.165) is 61.5 Å². The quantitative estimate of drug-likeness (QED) is 0.0193. The number of benzene rings is 9. The number of carbonyl (C=O) groups excluding carboxylic acids is 1. The number of nitrogens with one attached hydrogen (secondary N) is 3. The molecule has 0 aromatic heterocycles. The van der Waals surface area contributed by atoms with Gasteiger partial charge in [0.1, 0.15) is 49.3 Å². The number of hydrogen-bond donors (Lipinski definition) is 6. The van der Waals surface area contributed by atoms with Gasteiger partial charge >= 0.3 is 0 Å². The Morgan fingerprint density at radius 1 is 0.423 bits per heavy atom. The van der Waals surface area contributed by atoms with Crippen LogP contribution in [0.5, 0.6) is 17.2 Å². The van der Waals surface area contributed by atoms with Gasteiger partial charge in [-0.25, -0.2) is 0 Å². The van der Waals surface area contributed by atoms with Gasteiger partial charge < -0.3 is 45.5 Å². The minimum absolute atomic E-state index is 0.000684. The molecule has 6 N–H and O–H groups in total. The smallest absolute Gasteiger partial charge is 0.186 e. The molecule has 0 radical (unpaired) electrons. The molecule has 4 atom stereocenters. The Labute approximate surface area is 452 Å². The highest BCUT2D eigenvalue weighted by Gasteiger charge is 2.20. The Morgan fingerprint density at radius 3 is 1.42 bits per heavy atom. The molecule has 1 aliphatic carbocycles. The van der Waals surface area contributed by atoms with E-state index in [1.165, 1.54) is 0 Å². The highest BCUT2D eigenvalue weighted by Crippen LogP contribution is 2.36. The second kappa shape index (κ2) is 25.4. The molecule has 1 aliphatic rings. The molecular weight excluding hydrogens is 979 g/mol. The van der Waals surface area contributed by atoms with Crippen molar-refractivity contribution in [2.75, 3.05) is 48.9 Å². The summed E-state index contributed by atoms with van der Waals surface area (Å²) in [7, 11) is 0. The summed E-state index contributed by atoms with van der Waals surface area (Å²) in [6.45, 7) is 0.662. The lowest BCUT2D eigenvalue weighted by molar-refractivity contribution is 0.104. The van der Waals surface area contributed by atoms with Crippen LogP contribution in [0.25, 0.3) is 16.8 Å². The average molecular weight is 1040 g/mol. The third kappa shape index (κ3) is 13.9. The molecule has 0 heterocycles. The van der Waals surface area contributed by atoms with Crippen LogP contribution in [0.2, 0.25) is 0 Å². The van der Waals surface area contributed by atoms with E-state index in [-0.39, 0.29) is 44.6 Å². The fraction of sp³-hybridized carbons (Fsp3) is 0.141. The third-order valence-corrected chi connectivity index (χ3v) is 12.9. The van der Waals surface area contributed by atoms with E-state index in [9.17, 15) is 20.1 Å². The molecule has 0 saturated carbocycles. The predicted octanol–water partition coefficient (Wildman–Crippen LogP) is 13.6. The number of anilines is 3. The fourth-order valence-corrected chi connectivity index (χ4v) is 8.88. The summed E-state index contributed by atoms with van der Waals surface area (Å²) in [4.78, 5) is 12.5. The topological polar surface area (TPSA) is 191 Å². The first kappa shape index (κ1) is 52.0. The van der Waals surface area contributed by atoms with Crippen molar-refractivity contribution in [2.24, 2.45) is 20.5 Å². The second-order valence-electron chi connectivity index (χ2n) is 18.6. The lowest BCUT2D eigenvalue weighted by Gasteiger charge is -2.21. The molecule has 0 spiro atoms. The van der Waals surface area contributed by atoms with Crippen molar-refractivity contribution < 1.29 is 34.3 Å². The highest BCUT2D eigenvalue weighted by atomic mass is 16.5. The van der Waals surface area contributed by atoms with Gasteiger partial charge in [0.15, 0.2) is 12.0 Å². The summed E-state index contributed by atoms with van der Waals surface area (Å²) < 4.78 is 18.2. The lowest BCUT2D eigenvalue weighted by atomic mass is 9.85. The number of azo groups is 2. The molecule has 0 amide bonds. The van der Waals surface area contributed by atoms with Gasteiger partial charge in [-0.05, 0) is 144 Å². The van der Waals surface area contributed by atoms with Crippen LogP contribution in [0.15, 0.2) is 239 Å². The van der Waals surface area contributed by atoms with E-state index in [0.29, 0.717) is 34.2 Å². The minimum Gasteiger partial charge on any atom is -0.491 e. The standard InChI is InChI=1S/C64H57N7O7/c72-54(38-66-48-24-28-52(29-25-48)70-68-50-8-3-1-4-9-50)40-76-56-32-16-44(17-33-56)63(45-18-34-57(35-19-45)77-42-62(75)67-49-26-30-53(31-27-49)71-69-51-10-5-2-6-11-51)43-14-22-47(23-15-43)65-39-55(73)41-78-61-37-21-46-20-36-60(74)58-12-7-13-59(61)64(46)58/h1-37,54-55,62-63,65-67,72-73,75H,38-42H2. The summed E-state index contributed by atoms with van der Waals surface area (Å²) in [6.07, 6.45) is 0.823. The number of nitrogens with zero attached hydrogens (tertiary/aromatic N) is 4. The molecule has 78 heavy (non-hydrogen) atoms. The van der Waals surface area contributed by atoms with Gasteiger partial charge in [0, 0.05) is 52.4 Å². The van der Waals surface area contributed by atoms with Crippen LogP contribution in [0, 0.1) is 0 Å². The zero-order valence-electron chi connectivity index (χ0n) is 42.5. The summed E-state index contributed by atoms with van der Waals surface area (Å²) >= 11 is 0. The van der Waals surface area contributed by atoms with E-state index in [1.807, 2.05) is 206 Å². The summed E-state index contributed by atoms with van der Waals surface area (Å²) in [6, 6.07) is 67.0. The van der Waals surface area contributed by atoms with Gasteiger partial charge in [0.25, 0.3) is 0 Å². The van der Waals surface area contributed by atoms with E-state index in [4.69, 9.17) is 14.2 Å². The number of allylic oxidation sites excluding steroid dienone is 1. The van der Waals surface area contributed by atoms with Gasteiger partial charge in [-0.2, -0.15) is 20.5 Å². The Bertz CT molecular complexity index is 3490. The summed E-state index contributed by atoms with van der Waals surface area (Å²) in [5.41, 5.74) is 9.93. The minimum atomic E-state index is -0.981. The van der Waals surface area contributed by atoms with Gasteiger partial charge in [0.05, 0.1) is 22.7 Å². The first-order valence-corrected chi connectivity index (χ1v) is 25.6. The monoisotopic (exact) mass is 1040 g/mol.